The molecule has 2 aromatic rings. The van der Waals surface area contributed by atoms with Crippen LogP contribution >= 0.6 is 0 Å². The summed E-state index contributed by atoms with van der Waals surface area (Å²) in [5.41, 5.74) is 2.33. The molecule has 102 valence electrons. The first-order valence-electron chi connectivity index (χ1n) is 6.44. The zero-order chi connectivity index (χ0) is 14.1. The van der Waals surface area contributed by atoms with Gasteiger partial charge in [-0.25, -0.2) is 9.18 Å². The fourth-order valence-electron chi connectivity index (χ4n) is 2.47. The van der Waals surface area contributed by atoms with Crippen LogP contribution < -0.4 is 4.74 Å². The van der Waals surface area contributed by atoms with E-state index in [1.54, 1.807) is 0 Å². The second-order valence-corrected chi connectivity index (χ2v) is 4.77. The Kier molecular flexibility index (Phi) is 3.14. The van der Waals surface area contributed by atoms with E-state index in [1.807, 2.05) is 18.2 Å². The molecule has 2 aromatic carbocycles. The molecular weight excluding hydrogens is 259 g/mol. The van der Waals surface area contributed by atoms with Crippen molar-refractivity contribution in [2.24, 2.45) is 0 Å². The van der Waals surface area contributed by atoms with Gasteiger partial charge in [-0.1, -0.05) is 12.1 Å². The highest BCUT2D eigenvalue weighted by molar-refractivity contribution is 5.96. The Labute approximate surface area is 115 Å². The second kappa shape index (κ2) is 4.96. The van der Waals surface area contributed by atoms with Gasteiger partial charge in [-0.15, -0.1) is 0 Å². The van der Waals surface area contributed by atoms with Crippen molar-refractivity contribution in [3.8, 4) is 16.9 Å². The number of hydrogen-bond acceptors (Lipinski definition) is 2. The van der Waals surface area contributed by atoms with Crippen molar-refractivity contribution < 1.29 is 19.0 Å². The van der Waals surface area contributed by atoms with Crippen LogP contribution in [0.1, 0.15) is 22.3 Å². The molecule has 1 aliphatic rings. The summed E-state index contributed by atoms with van der Waals surface area (Å²) in [6, 6.07) is 9.41. The van der Waals surface area contributed by atoms with Crippen molar-refractivity contribution in [1.29, 1.82) is 0 Å². The Bertz CT molecular complexity index is 679. The molecule has 0 bridgehead atoms. The Balaban J connectivity index is 2.11. The predicted octanol–water partition coefficient (Wildman–Crippen LogP) is 3.52. The molecule has 3 rings (SSSR count). The summed E-state index contributed by atoms with van der Waals surface area (Å²) < 4.78 is 18.7. The van der Waals surface area contributed by atoms with Crippen LogP contribution in [0.5, 0.6) is 5.75 Å². The highest BCUT2D eigenvalue weighted by Gasteiger charge is 2.16. The molecule has 4 heteroatoms. The first-order valence-corrected chi connectivity index (χ1v) is 6.44. The van der Waals surface area contributed by atoms with Crippen LogP contribution in [0.3, 0.4) is 0 Å². The summed E-state index contributed by atoms with van der Waals surface area (Å²) in [5.74, 6) is -0.833. The minimum absolute atomic E-state index is 0.0262. The number of aryl methyl sites for hydroxylation is 1. The molecule has 0 saturated heterocycles. The molecule has 0 radical (unpaired) electrons. The van der Waals surface area contributed by atoms with Gasteiger partial charge in [0, 0.05) is 0 Å². The van der Waals surface area contributed by atoms with Crippen LogP contribution in [-0.2, 0) is 6.42 Å². The summed E-state index contributed by atoms with van der Waals surface area (Å²) in [6.07, 6.45) is 1.86. The smallest absolute Gasteiger partial charge is 0.336 e. The van der Waals surface area contributed by atoms with Crippen LogP contribution in [0.2, 0.25) is 0 Å². The minimum Gasteiger partial charge on any atom is -0.493 e. The second-order valence-electron chi connectivity index (χ2n) is 4.77. The van der Waals surface area contributed by atoms with Gasteiger partial charge in [0.15, 0.2) is 0 Å². The molecule has 0 aliphatic carbocycles. The lowest BCUT2D eigenvalue weighted by Crippen LogP contribution is -2.08. The number of carboxylic acids is 1. The number of hydrogen-bond donors (Lipinski definition) is 1. The van der Waals surface area contributed by atoms with Crippen LogP contribution in [0.15, 0.2) is 36.4 Å². The third-order valence-corrected chi connectivity index (χ3v) is 3.43. The molecule has 3 nitrogen and oxygen atoms in total. The molecule has 0 unspecified atom stereocenters. The highest BCUT2D eigenvalue weighted by atomic mass is 19.1. The van der Waals surface area contributed by atoms with E-state index in [4.69, 9.17) is 4.74 Å². The lowest BCUT2D eigenvalue weighted by molar-refractivity contribution is 0.0697. The number of benzene rings is 2. The van der Waals surface area contributed by atoms with Gasteiger partial charge in [-0.2, -0.15) is 0 Å². The summed E-state index contributed by atoms with van der Waals surface area (Å²) in [7, 11) is 0. The largest absolute Gasteiger partial charge is 0.493 e. The maximum absolute atomic E-state index is 13.2. The summed E-state index contributed by atoms with van der Waals surface area (Å²) in [5, 5.41) is 9.20. The molecule has 20 heavy (non-hydrogen) atoms. The summed E-state index contributed by atoms with van der Waals surface area (Å²) >= 11 is 0. The van der Waals surface area contributed by atoms with Crippen LogP contribution in [0.4, 0.5) is 4.39 Å². The number of carboxylic acid groups (broad SMARTS) is 1. The van der Waals surface area contributed by atoms with E-state index in [-0.39, 0.29) is 5.56 Å². The van der Waals surface area contributed by atoms with Crippen LogP contribution in [0, 0.1) is 5.82 Å². The average Bonchev–Trinajstić information content (AvgIpc) is 2.46. The van der Waals surface area contributed by atoms with E-state index in [2.05, 4.69) is 0 Å². The molecule has 0 aromatic heterocycles. The van der Waals surface area contributed by atoms with Crippen LogP contribution in [-0.4, -0.2) is 17.7 Å². The van der Waals surface area contributed by atoms with E-state index in [0.717, 1.165) is 35.8 Å². The van der Waals surface area contributed by atoms with Crippen LogP contribution in [0.25, 0.3) is 11.1 Å². The van der Waals surface area contributed by atoms with E-state index in [1.165, 1.54) is 12.1 Å². The van der Waals surface area contributed by atoms with Gasteiger partial charge in [0.1, 0.15) is 11.6 Å². The average molecular weight is 272 g/mol. The number of halogens is 1. The molecule has 0 spiro atoms. The lowest BCUT2D eigenvalue weighted by Gasteiger charge is -2.18. The quantitative estimate of drug-likeness (QED) is 0.909. The lowest BCUT2D eigenvalue weighted by atomic mass is 9.95. The summed E-state index contributed by atoms with van der Waals surface area (Å²) in [4.78, 5) is 11.2. The van der Waals surface area contributed by atoms with Gasteiger partial charge in [0.05, 0.1) is 12.2 Å². The van der Waals surface area contributed by atoms with Gasteiger partial charge in [-0.3, -0.25) is 0 Å². The van der Waals surface area contributed by atoms with Crippen molar-refractivity contribution in [1.82, 2.24) is 0 Å². The Hall–Kier alpha value is -2.36. The molecule has 1 N–H and O–H groups in total. The number of fused-ring (bicyclic) bond motifs is 1. The van der Waals surface area contributed by atoms with Crippen molar-refractivity contribution in [3.05, 3.63) is 53.3 Å². The number of aromatic carboxylic acids is 1. The molecule has 0 atom stereocenters. The third kappa shape index (κ3) is 2.25. The standard InChI is InChI=1S/C16H13FO3/c17-12-4-5-13(14(9-12)16(18)19)10-3-6-15-11(8-10)2-1-7-20-15/h3-6,8-9H,1-2,7H2,(H,18,19). The highest BCUT2D eigenvalue weighted by Crippen LogP contribution is 2.32. The molecular formula is C16H13FO3. The fourth-order valence-corrected chi connectivity index (χ4v) is 2.47. The van der Waals surface area contributed by atoms with Crippen molar-refractivity contribution in [3.63, 3.8) is 0 Å². The first-order chi connectivity index (χ1) is 9.65. The van der Waals surface area contributed by atoms with E-state index < -0.39 is 11.8 Å². The molecule has 1 heterocycles. The third-order valence-electron chi connectivity index (χ3n) is 3.43. The van der Waals surface area contributed by atoms with E-state index in [9.17, 15) is 14.3 Å². The van der Waals surface area contributed by atoms with Crippen molar-refractivity contribution in [2.45, 2.75) is 12.8 Å². The van der Waals surface area contributed by atoms with Gasteiger partial charge >= 0.3 is 5.97 Å². The van der Waals surface area contributed by atoms with Gasteiger partial charge < -0.3 is 9.84 Å². The first kappa shape index (κ1) is 12.7. The van der Waals surface area contributed by atoms with Gasteiger partial charge in [0.25, 0.3) is 0 Å². The van der Waals surface area contributed by atoms with Crippen molar-refractivity contribution in [2.75, 3.05) is 6.61 Å². The Morgan fingerprint density at radius 2 is 2.05 bits per heavy atom. The molecule has 0 fully saturated rings. The van der Waals surface area contributed by atoms with Gasteiger partial charge in [-0.05, 0) is 53.8 Å². The molecule has 1 aliphatic heterocycles. The van der Waals surface area contributed by atoms with Gasteiger partial charge in [0.2, 0.25) is 0 Å². The zero-order valence-electron chi connectivity index (χ0n) is 10.7. The van der Waals surface area contributed by atoms with E-state index in [0.29, 0.717) is 12.2 Å². The maximum Gasteiger partial charge on any atom is 0.336 e. The van der Waals surface area contributed by atoms with Crippen molar-refractivity contribution >= 4 is 5.97 Å². The summed E-state index contributed by atoms with van der Waals surface area (Å²) in [6.45, 7) is 0.712. The zero-order valence-corrected chi connectivity index (χ0v) is 10.7. The predicted molar refractivity (Wildman–Crippen MR) is 72.6 cm³/mol. The molecule has 0 amide bonds. The minimum atomic E-state index is -1.13. The number of carbonyl (C=O) groups is 1. The number of rotatable bonds is 2. The van der Waals surface area contributed by atoms with E-state index >= 15 is 0 Å². The fraction of sp³-hybridized carbons (Fsp3) is 0.188. The monoisotopic (exact) mass is 272 g/mol. The SMILES string of the molecule is O=C(O)c1cc(F)ccc1-c1ccc2c(c1)CCCO2. The Morgan fingerprint density at radius 1 is 1.20 bits per heavy atom. The molecule has 0 saturated carbocycles. The Morgan fingerprint density at radius 3 is 2.85 bits per heavy atom. The normalized spacial score (nSPS) is 13.4. The topological polar surface area (TPSA) is 46.5 Å². The number of ether oxygens (including phenoxy) is 1. The maximum atomic E-state index is 13.2.